The standard InChI is InChI=1S/C26H21Cl2N3O2/c27-20-11-10-17(22(28)15-20)12-13-29-26(33)24(31-25(32)18-6-2-1-3-7-18)14-19-16-30-23-9-5-4-8-21(19)23/h1-11,14-16,30H,12-13H2,(H,29,33)(H,31,32)/b24-14+. The van der Waals surface area contributed by atoms with Gasteiger partial charge in [-0.2, -0.15) is 0 Å². The fraction of sp³-hybridized carbons (Fsp3) is 0.0769. The number of rotatable bonds is 7. The molecule has 0 aliphatic carbocycles. The van der Waals surface area contributed by atoms with Crippen molar-refractivity contribution in [3.63, 3.8) is 0 Å². The van der Waals surface area contributed by atoms with Crippen molar-refractivity contribution in [1.82, 2.24) is 15.6 Å². The van der Waals surface area contributed by atoms with Gasteiger partial charge in [-0.25, -0.2) is 0 Å². The summed E-state index contributed by atoms with van der Waals surface area (Å²) in [6.07, 6.45) is 4.00. The Hall–Kier alpha value is -3.54. The summed E-state index contributed by atoms with van der Waals surface area (Å²) in [5.41, 5.74) is 3.22. The van der Waals surface area contributed by atoms with Gasteiger partial charge in [-0.3, -0.25) is 9.59 Å². The van der Waals surface area contributed by atoms with Crippen LogP contribution in [-0.4, -0.2) is 23.3 Å². The number of halogens is 2. The second-order valence-corrected chi connectivity index (χ2v) is 8.25. The predicted octanol–water partition coefficient (Wildman–Crippen LogP) is 5.60. The quantitative estimate of drug-likeness (QED) is 0.303. The smallest absolute Gasteiger partial charge is 0.267 e. The molecule has 0 unspecified atom stereocenters. The van der Waals surface area contributed by atoms with E-state index in [9.17, 15) is 9.59 Å². The lowest BCUT2D eigenvalue weighted by molar-refractivity contribution is -0.117. The molecule has 0 bridgehead atoms. The lowest BCUT2D eigenvalue weighted by atomic mass is 10.1. The van der Waals surface area contributed by atoms with Crippen LogP contribution in [0, 0.1) is 0 Å². The topological polar surface area (TPSA) is 74.0 Å². The molecule has 1 heterocycles. The van der Waals surface area contributed by atoms with Crippen LogP contribution in [0.2, 0.25) is 10.0 Å². The summed E-state index contributed by atoms with van der Waals surface area (Å²) in [6, 6.07) is 21.8. The van der Waals surface area contributed by atoms with Gasteiger partial charge >= 0.3 is 0 Å². The second kappa shape index (κ2) is 10.4. The summed E-state index contributed by atoms with van der Waals surface area (Å²) in [5, 5.41) is 7.67. The molecule has 5 nitrogen and oxygen atoms in total. The van der Waals surface area contributed by atoms with Crippen LogP contribution >= 0.6 is 23.2 Å². The summed E-state index contributed by atoms with van der Waals surface area (Å²) in [7, 11) is 0. The van der Waals surface area contributed by atoms with Crippen molar-refractivity contribution < 1.29 is 9.59 Å². The summed E-state index contributed by atoms with van der Waals surface area (Å²) in [6.45, 7) is 0.340. The number of aromatic amines is 1. The molecule has 0 saturated carbocycles. The lowest BCUT2D eigenvalue weighted by Crippen LogP contribution is -2.35. The van der Waals surface area contributed by atoms with Gasteiger partial charge in [0.2, 0.25) is 0 Å². The van der Waals surface area contributed by atoms with E-state index < -0.39 is 5.91 Å². The Bertz CT molecular complexity index is 1330. The van der Waals surface area contributed by atoms with Crippen molar-refractivity contribution in [3.05, 3.63) is 111 Å². The Morgan fingerprint density at radius 3 is 2.48 bits per heavy atom. The van der Waals surface area contributed by atoms with Crippen LogP contribution in [0.1, 0.15) is 21.5 Å². The Morgan fingerprint density at radius 2 is 1.70 bits per heavy atom. The van der Waals surface area contributed by atoms with Gasteiger partial charge in [0.05, 0.1) is 0 Å². The minimum Gasteiger partial charge on any atom is -0.361 e. The maximum absolute atomic E-state index is 13.0. The molecule has 166 valence electrons. The highest BCUT2D eigenvalue weighted by molar-refractivity contribution is 6.35. The Morgan fingerprint density at radius 1 is 0.939 bits per heavy atom. The minimum absolute atomic E-state index is 0.149. The van der Waals surface area contributed by atoms with E-state index in [1.165, 1.54) is 0 Å². The minimum atomic E-state index is -0.394. The number of carbonyl (C=O) groups is 2. The lowest BCUT2D eigenvalue weighted by Gasteiger charge is -2.12. The first kappa shape index (κ1) is 22.6. The van der Waals surface area contributed by atoms with Crippen LogP contribution in [0.3, 0.4) is 0 Å². The van der Waals surface area contributed by atoms with Crippen molar-refractivity contribution in [2.24, 2.45) is 0 Å². The van der Waals surface area contributed by atoms with Crippen molar-refractivity contribution in [2.75, 3.05) is 6.54 Å². The van der Waals surface area contributed by atoms with Crippen LogP contribution < -0.4 is 10.6 Å². The fourth-order valence-corrected chi connectivity index (χ4v) is 3.94. The molecule has 0 spiro atoms. The van der Waals surface area contributed by atoms with Gasteiger partial charge in [0.1, 0.15) is 5.70 Å². The molecule has 0 fully saturated rings. The normalized spacial score (nSPS) is 11.4. The summed E-state index contributed by atoms with van der Waals surface area (Å²) < 4.78 is 0. The molecule has 2 amide bonds. The Kier molecular flexibility index (Phi) is 7.13. The molecule has 0 atom stereocenters. The molecule has 3 aromatic carbocycles. The number of nitrogens with one attached hydrogen (secondary N) is 3. The molecule has 1 aromatic heterocycles. The van der Waals surface area contributed by atoms with Gasteiger partial charge in [-0.05, 0) is 48.4 Å². The molecule has 0 radical (unpaired) electrons. The van der Waals surface area contributed by atoms with E-state index in [1.54, 1.807) is 48.7 Å². The third-order valence-electron chi connectivity index (χ3n) is 5.14. The van der Waals surface area contributed by atoms with E-state index in [0.717, 1.165) is 22.0 Å². The van der Waals surface area contributed by atoms with E-state index in [-0.39, 0.29) is 11.6 Å². The van der Waals surface area contributed by atoms with Gasteiger partial charge in [-0.15, -0.1) is 0 Å². The van der Waals surface area contributed by atoms with Gasteiger partial charge in [-0.1, -0.05) is 65.7 Å². The van der Waals surface area contributed by atoms with E-state index in [1.807, 2.05) is 36.4 Å². The van der Waals surface area contributed by atoms with E-state index >= 15 is 0 Å². The molecule has 0 aliphatic rings. The molecule has 0 aliphatic heterocycles. The summed E-state index contributed by atoms with van der Waals surface area (Å²) in [4.78, 5) is 29.0. The summed E-state index contributed by atoms with van der Waals surface area (Å²) >= 11 is 12.2. The molecule has 7 heteroatoms. The molecule has 4 aromatic rings. The van der Waals surface area contributed by atoms with Crippen LogP contribution in [-0.2, 0) is 11.2 Å². The number of hydrogen-bond donors (Lipinski definition) is 3. The average Bonchev–Trinajstić information content (AvgIpc) is 3.23. The second-order valence-electron chi connectivity index (χ2n) is 7.41. The zero-order valence-corrected chi connectivity index (χ0v) is 19.1. The van der Waals surface area contributed by atoms with E-state index in [4.69, 9.17) is 23.2 Å². The molecule has 33 heavy (non-hydrogen) atoms. The number of benzene rings is 3. The highest BCUT2D eigenvalue weighted by Crippen LogP contribution is 2.22. The van der Waals surface area contributed by atoms with E-state index in [0.29, 0.717) is 28.6 Å². The Balaban J connectivity index is 1.55. The highest BCUT2D eigenvalue weighted by Gasteiger charge is 2.15. The van der Waals surface area contributed by atoms with Crippen LogP contribution in [0.15, 0.2) is 84.7 Å². The first-order valence-corrected chi connectivity index (χ1v) is 11.1. The Labute approximate surface area is 201 Å². The van der Waals surface area contributed by atoms with E-state index in [2.05, 4.69) is 15.6 Å². The predicted molar refractivity (Wildman–Crippen MR) is 133 cm³/mol. The largest absolute Gasteiger partial charge is 0.361 e. The monoisotopic (exact) mass is 477 g/mol. The van der Waals surface area contributed by atoms with Crippen molar-refractivity contribution in [2.45, 2.75) is 6.42 Å². The molecule has 0 saturated heterocycles. The van der Waals surface area contributed by atoms with Crippen molar-refractivity contribution in [1.29, 1.82) is 0 Å². The van der Waals surface area contributed by atoms with Gasteiger partial charge in [0.15, 0.2) is 0 Å². The zero-order chi connectivity index (χ0) is 23.2. The first-order chi connectivity index (χ1) is 16.0. The first-order valence-electron chi connectivity index (χ1n) is 10.4. The third-order valence-corrected chi connectivity index (χ3v) is 5.73. The number of fused-ring (bicyclic) bond motifs is 1. The van der Waals surface area contributed by atoms with Crippen LogP contribution in [0.5, 0.6) is 0 Å². The van der Waals surface area contributed by atoms with Crippen LogP contribution in [0.4, 0.5) is 0 Å². The maximum Gasteiger partial charge on any atom is 0.267 e. The average molecular weight is 478 g/mol. The number of hydrogen-bond acceptors (Lipinski definition) is 2. The van der Waals surface area contributed by atoms with Crippen molar-refractivity contribution in [3.8, 4) is 0 Å². The third kappa shape index (κ3) is 5.64. The number of H-pyrrole nitrogens is 1. The molecular weight excluding hydrogens is 457 g/mol. The zero-order valence-electron chi connectivity index (χ0n) is 17.6. The highest BCUT2D eigenvalue weighted by atomic mass is 35.5. The maximum atomic E-state index is 13.0. The number of carbonyl (C=O) groups excluding carboxylic acids is 2. The number of para-hydroxylation sites is 1. The van der Waals surface area contributed by atoms with Gasteiger partial charge in [0, 0.05) is 44.8 Å². The molecular formula is C26H21Cl2N3O2. The van der Waals surface area contributed by atoms with Gasteiger partial charge < -0.3 is 15.6 Å². The molecule has 4 rings (SSSR count). The van der Waals surface area contributed by atoms with Gasteiger partial charge in [0.25, 0.3) is 11.8 Å². The van der Waals surface area contributed by atoms with Crippen molar-refractivity contribution >= 4 is 52.0 Å². The van der Waals surface area contributed by atoms with Crippen LogP contribution in [0.25, 0.3) is 17.0 Å². The number of amides is 2. The number of aromatic nitrogens is 1. The summed E-state index contributed by atoms with van der Waals surface area (Å²) in [5.74, 6) is -0.757. The molecule has 3 N–H and O–H groups in total. The fourth-order valence-electron chi connectivity index (χ4n) is 3.44. The SMILES string of the molecule is O=C(NCCc1ccc(Cl)cc1Cl)/C(=C\c1c[nH]c2ccccc12)NC(=O)c1ccccc1.